The van der Waals surface area contributed by atoms with Gasteiger partial charge in [-0.15, -0.1) is 0 Å². The van der Waals surface area contributed by atoms with Gasteiger partial charge in [0.25, 0.3) is 0 Å². The predicted molar refractivity (Wildman–Crippen MR) is 150 cm³/mol. The lowest BCUT2D eigenvalue weighted by Gasteiger charge is -2.47. The van der Waals surface area contributed by atoms with Crippen LogP contribution in [0.1, 0.15) is 61.9 Å². The van der Waals surface area contributed by atoms with Gasteiger partial charge in [0.1, 0.15) is 5.82 Å². The van der Waals surface area contributed by atoms with E-state index in [1.54, 1.807) is 12.1 Å². The summed E-state index contributed by atoms with van der Waals surface area (Å²) in [5, 5.41) is 8.25. The zero-order chi connectivity index (χ0) is 29.1. The summed E-state index contributed by atoms with van der Waals surface area (Å²) in [6.07, 6.45) is 2.12. The van der Waals surface area contributed by atoms with Gasteiger partial charge >= 0.3 is 5.97 Å². The lowest BCUT2D eigenvalue weighted by Crippen LogP contribution is -2.60. The van der Waals surface area contributed by atoms with E-state index < -0.39 is 11.9 Å². The van der Waals surface area contributed by atoms with Gasteiger partial charge in [-0.2, -0.15) is 0 Å². The fourth-order valence-electron chi connectivity index (χ4n) is 6.36. The van der Waals surface area contributed by atoms with E-state index in [-0.39, 0.29) is 17.6 Å². The molecule has 40 heavy (non-hydrogen) atoms. The number of quaternary nitrogens is 1. The number of para-hydroxylation sites is 1. The molecule has 3 aliphatic rings. The molecule has 3 heterocycles. The summed E-state index contributed by atoms with van der Waals surface area (Å²) >= 11 is 0. The third kappa shape index (κ3) is 6.14. The third-order valence-electron chi connectivity index (χ3n) is 8.45. The molecule has 1 unspecified atom stereocenters. The Bertz CT molecular complexity index is 1230. The Kier molecular flexibility index (Phi) is 8.83. The van der Waals surface area contributed by atoms with Crippen LogP contribution in [-0.4, -0.2) is 75.3 Å². The number of anilines is 2. The summed E-state index contributed by atoms with van der Waals surface area (Å²) in [5.41, 5.74) is 4.07. The number of carboxylic acid groups (broad SMARTS) is 1. The van der Waals surface area contributed by atoms with Gasteiger partial charge in [0, 0.05) is 57.5 Å². The van der Waals surface area contributed by atoms with Crippen LogP contribution in [0.3, 0.4) is 0 Å². The number of likely N-dealkylation sites (tertiary alicyclic amines) is 1. The molecular weight excluding hydrogens is 513 g/mol. The first-order valence-corrected chi connectivity index (χ1v) is 14.0. The minimum Gasteiger partial charge on any atom is -0.554 e. The fraction of sp³-hybridized carbons (Fsp3) is 0.516. The number of likely N-dealkylation sites (N-methyl/N-ethyl adjacent to an activating group) is 1. The van der Waals surface area contributed by atoms with Crippen LogP contribution >= 0.6 is 0 Å². The first-order valence-electron chi connectivity index (χ1n) is 14.0. The highest BCUT2D eigenvalue weighted by Gasteiger charge is 2.50. The summed E-state index contributed by atoms with van der Waals surface area (Å²) in [5.74, 6) is -0.134. The Morgan fingerprint density at radius 1 is 1.15 bits per heavy atom. The van der Waals surface area contributed by atoms with Crippen molar-refractivity contribution in [3.8, 4) is 0 Å². The molecule has 0 aromatic heterocycles. The van der Waals surface area contributed by atoms with Gasteiger partial charge in [-0.1, -0.05) is 12.1 Å². The number of carbonyl (C=O) groups excluding carboxylic acids is 3. The molecule has 1 fully saturated rings. The van der Waals surface area contributed by atoms with Gasteiger partial charge < -0.3 is 24.4 Å². The summed E-state index contributed by atoms with van der Waals surface area (Å²) < 4.78 is 19.9. The highest BCUT2D eigenvalue weighted by molar-refractivity contribution is 5.95. The molecule has 3 atom stereocenters. The van der Waals surface area contributed by atoms with E-state index in [0.717, 1.165) is 39.1 Å². The fourth-order valence-corrected chi connectivity index (χ4v) is 6.36. The molecule has 0 spiro atoms. The maximum Gasteiger partial charge on any atom is 0.315 e. The van der Waals surface area contributed by atoms with E-state index in [9.17, 15) is 14.0 Å². The van der Waals surface area contributed by atoms with Gasteiger partial charge in [-0.25, -0.2) is 4.39 Å². The topological polar surface area (TPSA) is 90.0 Å². The van der Waals surface area contributed by atoms with Gasteiger partial charge in [0.2, 0.25) is 6.73 Å². The number of piperidine rings is 1. The highest BCUT2D eigenvalue weighted by Crippen LogP contribution is 2.51. The Morgan fingerprint density at radius 3 is 2.52 bits per heavy atom. The molecular formula is C31H40FN3O5. The Labute approximate surface area is 235 Å². The lowest BCUT2D eigenvalue weighted by molar-refractivity contribution is -0.949. The second kappa shape index (κ2) is 12.0. The average Bonchev–Trinajstić information content (AvgIpc) is 3.23. The van der Waals surface area contributed by atoms with Gasteiger partial charge in [-0.05, 0) is 56.7 Å². The average molecular weight is 554 g/mol. The summed E-state index contributed by atoms with van der Waals surface area (Å²) in [7, 11) is 2.17. The maximum absolute atomic E-state index is 13.3. The van der Waals surface area contributed by atoms with Gasteiger partial charge in [0.15, 0.2) is 5.78 Å². The SMILES string of the molecule is CN1CCN2c3c(cccc31)[C@@H]1C[N+](CCCC(=O)c3ccc(F)cc3)(COC(=O)C(C)(C)C)CC[C@@H]12.O=C[O-]. The number of hydrogen-bond acceptors (Lipinski definition) is 7. The first-order chi connectivity index (χ1) is 19.0. The second-order valence-electron chi connectivity index (χ2n) is 12.2. The predicted octanol–water partition coefficient (Wildman–Crippen LogP) is 3.34. The second-order valence-corrected chi connectivity index (χ2v) is 12.2. The number of hydrogen-bond donors (Lipinski definition) is 0. The maximum atomic E-state index is 13.3. The van der Waals surface area contributed by atoms with Crippen LogP contribution in [0, 0.1) is 11.2 Å². The van der Waals surface area contributed by atoms with Gasteiger partial charge in [0.05, 0.1) is 42.3 Å². The van der Waals surface area contributed by atoms with Crippen molar-refractivity contribution in [1.29, 1.82) is 0 Å². The summed E-state index contributed by atoms with van der Waals surface area (Å²) in [6, 6.07) is 12.9. The molecule has 0 aliphatic carbocycles. The summed E-state index contributed by atoms with van der Waals surface area (Å²) in [6.45, 7) is 10.1. The van der Waals surface area contributed by atoms with Crippen LogP contribution in [-0.2, 0) is 14.3 Å². The smallest absolute Gasteiger partial charge is 0.315 e. The van der Waals surface area contributed by atoms with Crippen molar-refractivity contribution in [2.75, 3.05) is 56.3 Å². The van der Waals surface area contributed by atoms with E-state index in [0.29, 0.717) is 41.6 Å². The molecule has 0 bridgehead atoms. The van der Waals surface area contributed by atoms with E-state index in [1.807, 2.05) is 20.8 Å². The minimum atomic E-state index is -0.560. The molecule has 0 saturated carbocycles. The standard InChI is InChI=1S/C30H39FN3O3.CH2O2/c1-30(2,3)29(36)37-20-34(17-6-9-27(35)21-10-12-22(31)13-11-21)18-14-25-24(19-34)23-7-5-8-26-28(23)33(25)16-15-32(26)4;2-1-3/h5,7-8,10-13,24-25H,6,9,14-20H2,1-4H3;1H,(H,2,3)/q+1;/p-1/t24-,25-,34?;/m0./s1. The van der Waals surface area contributed by atoms with E-state index in [2.05, 4.69) is 35.0 Å². The normalized spacial score (nSPS) is 22.9. The molecule has 3 aliphatic heterocycles. The van der Waals surface area contributed by atoms with Crippen LogP contribution in [0.25, 0.3) is 0 Å². The zero-order valence-corrected chi connectivity index (χ0v) is 23.9. The van der Waals surface area contributed by atoms with Crippen molar-refractivity contribution in [3.63, 3.8) is 0 Å². The largest absolute Gasteiger partial charge is 0.554 e. The number of Topliss-reactive ketones (excluding diaryl/α,β-unsaturated/α-hetero) is 1. The number of nitrogens with zero attached hydrogens (tertiary/aromatic N) is 3. The molecule has 0 radical (unpaired) electrons. The molecule has 2 aromatic carbocycles. The van der Waals surface area contributed by atoms with Crippen molar-refractivity contribution in [3.05, 3.63) is 59.4 Å². The van der Waals surface area contributed by atoms with E-state index in [1.165, 1.54) is 29.1 Å². The summed E-state index contributed by atoms with van der Waals surface area (Å²) in [4.78, 5) is 38.7. The molecule has 1 saturated heterocycles. The number of halogens is 1. The number of carbonyl (C=O) groups is 3. The highest BCUT2D eigenvalue weighted by atomic mass is 19.1. The van der Waals surface area contributed by atoms with E-state index >= 15 is 0 Å². The van der Waals surface area contributed by atoms with E-state index in [4.69, 9.17) is 14.6 Å². The molecule has 8 nitrogen and oxygen atoms in total. The van der Waals surface area contributed by atoms with Crippen molar-refractivity contribution < 1.29 is 33.1 Å². The first kappa shape index (κ1) is 29.5. The number of esters is 1. The molecule has 9 heteroatoms. The van der Waals surface area contributed by atoms with Gasteiger partial charge in [-0.3, -0.25) is 14.1 Å². The van der Waals surface area contributed by atoms with Crippen molar-refractivity contribution in [1.82, 2.24) is 0 Å². The molecule has 0 N–H and O–H groups in total. The van der Waals surface area contributed by atoms with Crippen molar-refractivity contribution in [2.24, 2.45) is 5.41 Å². The number of benzene rings is 2. The Morgan fingerprint density at radius 2 is 1.85 bits per heavy atom. The van der Waals surface area contributed by atoms with Crippen LogP contribution in [0.2, 0.25) is 0 Å². The molecule has 2 aromatic rings. The van der Waals surface area contributed by atoms with Crippen LogP contribution in [0.4, 0.5) is 15.8 Å². The minimum absolute atomic E-state index is 0.0238. The monoisotopic (exact) mass is 553 g/mol. The number of ketones is 1. The Hall–Kier alpha value is -3.46. The zero-order valence-electron chi connectivity index (χ0n) is 23.9. The quantitative estimate of drug-likeness (QED) is 0.225. The van der Waals surface area contributed by atoms with Crippen LogP contribution in [0.15, 0.2) is 42.5 Å². The molecule has 216 valence electrons. The number of fused-ring (bicyclic) bond motifs is 3. The van der Waals surface area contributed by atoms with Crippen LogP contribution < -0.4 is 14.9 Å². The molecule has 0 amide bonds. The lowest BCUT2D eigenvalue weighted by atomic mass is 9.87. The third-order valence-corrected chi connectivity index (χ3v) is 8.45. The number of rotatable bonds is 7. The molecule has 5 rings (SSSR count). The number of ether oxygens (including phenoxy) is 1. The van der Waals surface area contributed by atoms with Crippen LogP contribution in [0.5, 0.6) is 0 Å². The van der Waals surface area contributed by atoms with Crippen molar-refractivity contribution >= 4 is 29.6 Å². The van der Waals surface area contributed by atoms with Crippen molar-refractivity contribution in [2.45, 2.75) is 52.0 Å². The Balaban J connectivity index is 0.00000118.